The first-order valence-electron chi connectivity index (χ1n) is 21.0. The van der Waals surface area contributed by atoms with Crippen LogP contribution < -0.4 is 5.19 Å². The molecule has 8 aromatic rings. The fourth-order valence-electron chi connectivity index (χ4n) is 7.06. The van der Waals surface area contributed by atoms with Crippen LogP contribution in [0, 0.1) is 24.9 Å². The van der Waals surface area contributed by atoms with Crippen molar-refractivity contribution in [1.82, 2.24) is 9.97 Å². The molecular weight excluding hydrogens is 877 g/mol. The first-order valence-corrected chi connectivity index (χ1v) is 22.5. The molecule has 0 aliphatic carbocycles. The second-order valence-corrected chi connectivity index (χ2v) is 20.9. The van der Waals surface area contributed by atoms with E-state index in [-0.39, 0.29) is 25.7 Å². The van der Waals surface area contributed by atoms with Crippen LogP contribution in [0.15, 0.2) is 138 Å². The van der Waals surface area contributed by atoms with E-state index < -0.39 is 20.8 Å². The van der Waals surface area contributed by atoms with E-state index in [9.17, 15) is 0 Å². The summed E-state index contributed by atoms with van der Waals surface area (Å²) in [4.78, 5) is 9.31. The molecule has 5 aromatic carbocycles. The Kier molecular flexibility index (Phi) is 11.1. The average Bonchev–Trinajstić information content (AvgIpc) is 3.58. The molecule has 0 spiro atoms. The Morgan fingerprint density at radius 3 is 2.16 bits per heavy atom. The molecular formula is C51H50IrN2OSi-2. The second-order valence-electron chi connectivity index (χ2n) is 15.8. The summed E-state index contributed by atoms with van der Waals surface area (Å²) in [6.07, 6.45) is 4.82. The van der Waals surface area contributed by atoms with E-state index in [0.29, 0.717) is 17.2 Å². The summed E-state index contributed by atoms with van der Waals surface area (Å²) in [6, 6.07) is 46.5. The minimum Gasteiger partial charge on any atom is -0.501 e. The van der Waals surface area contributed by atoms with Gasteiger partial charge in [0.1, 0.15) is 5.58 Å². The van der Waals surface area contributed by atoms with Gasteiger partial charge in [-0.2, -0.15) is 0 Å². The monoisotopic (exact) mass is 931 g/mol. The Morgan fingerprint density at radius 2 is 1.48 bits per heavy atom. The van der Waals surface area contributed by atoms with Gasteiger partial charge in [0.2, 0.25) is 0 Å². The van der Waals surface area contributed by atoms with E-state index in [2.05, 4.69) is 111 Å². The van der Waals surface area contributed by atoms with E-state index in [4.69, 9.17) is 14.9 Å². The zero-order chi connectivity index (χ0) is 42.1. The van der Waals surface area contributed by atoms with Crippen molar-refractivity contribution < 1.29 is 30.0 Å². The molecule has 0 aliphatic heterocycles. The number of aryl methyl sites for hydroxylation is 1. The maximum atomic E-state index is 8.66. The van der Waals surface area contributed by atoms with Gasteiger partial charge in [-0.25, -0.2) is 0 Å². The van der Waals surface area contributed by atoms with Crippen molar-refractivity contribution in [3.63, 3.8) is 0 Å². The van der Waals surface area contributed by atoms with Crippen molar-refractivity contribution in [2.45, 2.75) is 66.5 Å². The molecule has 5 heteroatoms. The van der Waals surface area contributed by atoms with Gasteiger partial charge in [0.05, 0.1) is 13.7 Å². The molecule has 3 heterocycles. The largest absolute Gasteiger partial charge is 0.501 e. The molecule has 8 rings (SSSR count). The van der Waals surface area contributed by atoms with E-state index in [1.807, 2.05) is 80.8 Å². The van der Waals surface area contributed by atoms with Gasteiger partial charge in [-0.1, -0.05) is 167 Å². The second kappa shape index (κ2) is 17.5. The van der Waals surface area contributed by atoms with Crippen LogP contribution in [0.4, 0.5) is 0 Å². The molecule has 0 unspecified atom stereocenters. The van der Waals surface area contributed by atoms with Crippen LogP contribution in [-0.2, 0) is 26.5 Å². The fourth-order valence-corrected chi connectivity index (χ4v) is 8.64. The topological polar surface area (TPSA) is 38.9 Å². The third kappa shape index (κ3) is 9.03. The van der Waals surface area contributed by atoms with Gasteiger partial charge in [-0.15, -0.1) is 47.5 Å². The molecule has 3 aromatic heterocycles. The summed E-state index contributed by atoms with van der Waals surface area (Å²) in [5.74, 6) is -0.151. The van der Waals surface area contributed by atoms with Gasteiger partial charge in [0.25, 0.3) is 0 Å². The van der Waals surface area contributed by atoms with Gasteiger partial charge < -0.3 is 14.4 Å². The van der Waals surface area contributed by atoms with Crippen LogP contribution in [0.25, 0.3) is 66.7 Å². The zero-order valence-corrected chi connectivity index (χ0v) is 36.5. The summed E-state index contributed by atoms with van der Waals surface area (Å²) in [5, 5.41) is 3.39. The van der Waals surface area contributed by atoms with Crippen LogP contribution in [0.5, 0.6) is 0 Å². The Hall–Kier alpha value is -4.93. The Bertz CT molecular complexity index is 2730. The van der Waals surface area contributed by atoms with Crippen LogP contribution >= 0.6 is 0 Å². The van der Waals surface area contributed by atoms with E-state index in [1.165, 1.54) is 16.3 Å². The van der Waals surface area contributed by atoms with Crippen molar-refractivity contribution in [3.05, 3.63) is 163 Å². The predicted molar refractivity (Wildman–Crippen MR) is 236 cm³/mol. The predicted octanol–water partition coefficient (Wildman–Crippen LogP) is 13.5. The molecule has 0 saturated carbocycles. The number of pyridine rings is 2. The Balaban J connectivity index is 0.000000198. The maximum Gasteiger partial charge on any atom is 0.121 e. The number of hydrogen-bond donors (Lipinski definition) is 0. The van der Waals surface area contributed by atoms with Gasteiger partial charge in [-0.05, 0) is 63.6 Å². The molecule has 0 amide bonds. The van der Waals surface area contributed by atoms with Crippen molar-refractivity contribution in [2.24, 2.45) is 5.92 Å². The molecule has 285 valence electrons. The summed E-state index contributed by atoms with van der Waals surface area (Å²) < 4.78 is 38.8. The molecule has 0 N–H and O–H groups in total. The third-order valence-electron chi connectivity index (χ3n) is 9.83. The van der Waals surface area contributed by atoms with Crippen molar-refractivity contribution in [1.29, 1.82) is 0 Å². The van der Waals surface area contributed by atoms with Gasteiger partial charge in [0.15, 0.2) is 0 Å². The van der Waals surface area contributed by atoms with Crippen molar-refractivity contribution in [3.8, 4) is 44.8 Å². The quantitative estimate of drug-likeness (QED) is 0.113. The standard InChI is InChI=1S/C27H22NO.C24H28NSi.Ir/c1-18(2)15-19-13-14-28-25(16-19)24-10-6-9-23-22-12-11-21(17-26(22)29-27(23)24)20-7-4-3-5-8-20;1-17(2)21-15-23(25-16-24(21)26(4,5)6)20-13-12-18(3)22(14-20)19-10-8-7-9-11-19;/h3-9,11-14,16-18H,15H2,1-2H3;7-12,14-17H,1-6H3;/q2*-1;/i;3D3,17D;. The minimum absolute atomic E-state index is 0. The number of hydrogen-bond acceptors (Lipinski definition) is 3. The molecule has 0 fully saturated rings. The fraction of sp³-hybridized carbons (Fsp3) is 0.216. The normalized spacial score (nSPS) is 12.9. The summed E-state index contributed by atoms with van der Waals surface area (Å²) >= 11 is 0. The van der Waals surface area contributed by atoms with Gasteiger partial charge in [0, 0.05) is 43.4 Å². The number of rotatable bonds is 8. The number of aromatic nitrogens is 2. The van der Waals surface area contributed by atoms with E-state index in [1.54, 1.807) is 6.07 Å². The number of nitrogens with zero attached hydrogens (tertiary/aromatic N) is 2. The molecule has 0 saturated heterocycles. The van der Waals surface area contributed by atoms with Crippen LogP contribution in [-0.4, -0.2) is 18.0 Å². The smallest absolute Gasteiger partial charge is 0.121 e. The average molecular weight is 931 g/mol. The van der Waals surface area contributed by atoms with Gasteiger partial charge in [-0.3, -0.25) is 0 Å². The SMILES string of the molecule is CC(C)Cc1ccnc(-c2[c-]ccc3c2oc2cc(-c4ccccc4)ccc23)c1.[2H]C([2H])([2H])c1c[c-]c(-c2cc(C([2H])(C)C)c([Si](C)(C)C)cn2)cc1-c1ccccc1.[Ir]. The first kappa shape index (κ1) is 35.5. The van der Waals surface area contributed by atoms with Gasteiger partial charge >= 0.3 is 0 Å². The Morgan fingerprint density at radius 1 is 0.750 bits per heavy atom. The number of fused-ring (bicyclic) bond motifs is 3. The molecule has 0 bridgehead atoms. The van der Waals surface area contributed by atoms with E-state index >= 15 is 0 Å². The molecule has 3 nitrogen and oxygen atoms in total. The molecule has 56 heavy (non-hydrogen) atoms. The number of furan rings is 1. The van der Waals surface area contributed by atoms with Crippen LogP contribution in [0.3, 0.4) is 0 Å². The van der Waals surface area contributed by atoms with Crippen LogP contribution in [0.1, 0.15) is 55.8 Å². The maximum absolute atomic E-state index is 8.66. The summed E-state index contributed by atoms with van der Waals surface area (Å²) in [5.41, 5.74) is 11.4. The molecule has 0 atom stereocenters. The Labute approximate surface area is 353 Å². The van der Waals surface area contributed by atoms with Crippen LogP contribution in [0.2, 0.25) is 19.6 Å². The minimum atomic E-state index is -2.23. The van der Waals surface area contributed by atoms with Crippen molar-refractivity contribution >= 4 is 35.2 Å². The zero-order valence-electron chi connectivity index (χ0n) is 37.1. The summed E-state index contributed by atoms with van der Waals surface area (Å²) in [7, 11) is -1.68. The van der Waals surface area contributed by atoms with Crippen molar-refractivity contribution in [2.75, 3.05) is 0 Å². The molecule has 1 radical (unpaired) electrons. The first-order chi connectivity index (χ1) is 28.0. The summed E-state index contributed by atoms with van der Waals surface area (Å²) in [6.45, 7) is 12.8. The molecule has 0 aliphatic rings. The number of benzene rings is 5. The van der Waals surface area contributed by atoms with E-state index in [0.717, 1.165) is 61.9 Å². The third-order valence-corrected chi connectivity index (χ3v) is 11.8.